The molecule has 0 aliphatic carbocycles. The van der Waals surface area contributed by atoms with Gasteiger partial charge >= 0.3 is 0 Å². The number of oxazole rings is 1. The molecule has 0 atom stereocenters. The number of rotatable bonds is 8. The molecular formula is C29H30N4O2. The number of aromatic nitrogens is 1. The van der Waals surface area contributed by atoms with Crippen molar-refractivity contribution in [1.82, 2.24) is 20.1 Å². The lowest BCUT2D eigenvalue weighted by atomic mass is 9.96. The van der Waals surface area contributed by atoms with E-state index in [1.165, 1.54) is 17.4 Å². The maximum Gasteiger partial charge on any atom is 0.273 e. The van der Waals surface area contributed by atoms with Crippen molar-refractivity contribution in [2.24, 2.45) is 0 Å². The Balaban J connectivity index is 1.17. The van der Waals surface area contributed by atoms with Crippen LogP contribution in [0.25, 0.3) is 0 Å². The summed E-state index contributed by atoms with van der Waals surface area (Å²) in [4.78, 5) is 21.8. The minimum atomic E-state index is -0.220. The van der Waals surface area contributed by atoms with E-state index in [0.717, 1.165) is 31.7 Å². The number of carbonyl (C=O) groups is 1. The molecule has 0 radical (unpaired) electrons. The second-order valence-electron chi connectivity index (χ2n) is 8.83. The smallest absolute Gasteiger partial charge is 0.273 e. The number of hydrogen-bond donors (Lipinski definition) is 1. The summed E-state index contributed by atoms with van der Waals surface area (Å²) in [6.45, 7) is 4.77. The van der Waals surface area contributed by atoms with Crippen molar-refractivity contribution in [3.63, 3.8) is 0 Å². The van der Waals surface area contributed by atoms with Gasteiger partial charge in [0.05, 0.1) is 12.6 Å². The molecule has 1 aliphatic heterocycles. The first-order valence-corrected chi connectivity index (χ1v) is 12.1. The Morgan fingerprint density at radius 2 is 1.40 bits per heavy atom. The minimum Gasteiger partial charge on any atom is -0.447 e. The molecule has 5 rings (SSSR count). The maximum atomic E-state index is 12.5. The molecule has 1 amide bonds. The highest BCUT2D eigenvalue weighted by molar-refractivity contribution is 5.91. The summed E-state index contributed by atoms with van der Waals surface area (Å²) in [5.74, 6) is 0.355. The van der Waals surface area contributed by atoms with Crippen molar-refractivity contribution in [3.05, 3.63) is 126 Å². The highest BCUT2D eigenvalue weighted by atomic mass is 16.3. The third kappa shape index (κ3) is 5.85. The van der Waals surface area contributed by atoms with Gasteiger partial charge in [-0.25, -0.2) is 4.98 Å². The molecular weight excluding hydrogens is 436 g/mol. The summed E-state index contributed by atoms with van der Waals surface area (Å²) >= 11 is 0. The second-order valence-corrected chi connectivity index (χ2v) is 8.83. The molecule has 1 N–H and O–H groups in total. The van der Waals surface area contributed by atoms with E-state index >= 15 is 0 Å². The van der Waals surface area contributed by atoms with Gasteiger partial charge in [0, 0.05) is 32.7 Å². The first kappa shape index (κ1) is 23.0. The zero-order valence-corrected chi connectivity index (χ0v) is 19.7. The fourth-order valence-electron chi connectivity index (χ4n) is 4.61. The number of nitrogens with zero attached hydrogens (tertiary/aromatic N) is 3. The molecule has 0 spiro atoms. The number of nitrogens with one attached hydrogen (secondary N) is 1. The molecule has 6 heteroatoms. The zero-order chi connectivity index (χ0) is 23.9. The van der Waals surface area contributed by atoms with Gasteiger partial charge in [0.2, 0.25) is 5.89 Å². The Bertz CT molecular complexity index is 1160. The van der Waals surface area contributed by atoms with Gasteiger partial charge in [-0.1, -0.05) is 91.0 Å². The van der Waals surface area contributed by atoms with E-state index in [1.807, 2.05) is 30.3 Å². The Morgan fingerprint density at radius 3 is 2.00 bits per heavy atom. The molecule has 0 saturated carbocycles. The first-order valence-electron chi connectivity index (χ1n) is 12.1. The van der Waals surface area contributed by atoms with Crippen molar-refractivity contribution >= 4 is 5.91 Å². The summed E-state index contributed by atoms with van der Waals surface area (Å²) in [6.07, 6.45) is 1.45. The molecule has 178 valence electrons. The predicted octanol–water partition coefficient (Wildman–Crippen LogP) is 4.51. The van der Waals surface area contributed by atoms with Crippen molar-refractivity contribution in [2.75, 3.05) is 26.2 Å². The third-order valence-electron chi connectivity index (χ3n) is 6.44. The summed E-state index contributed by atoms with van der Waals surface area (Å²) in [5, 5.41) is 2.90. The van der Waals surface area contributed by atoms with Crippen molar-refractivity contribution < 1.29 is 9.21 Å². The average molecular weight is 467 g/mol. The standard InChI is InChI=1S/C29H30N4O2/c34-29(30-20-23-10-4-1-5-11-23)26-22-35-27(31-26)21-32-16-18-33(19-17-32)28(24-12-6-2-7-13-24)25-14-8-3-9-15-25/h1-15,22,28H,16-21H2,(H,30,34). The highest BCUT2D eigenvalue weighted by Crippen LogP contribution is 2.29. The normalized spacial score (nSPS) is 14.8. The Morgan fingerprint density at radius 1 is 0.829 bits per heavy atom. The molecule has 0 unspecified atom stereocenters. The van der Waals surface area contributed by atoms with Crippen LogP contribution in [0, 0.1) is 0 Å². The van der Waals surface area contributed by atoms with E-state index < -0.39 is 0 Å². The summed E-state index contributed by atoms with van der Waals surface area (Å²) in [5.41, 5.74) is 3.99. The Kier molecular flexibility index (Phi) is 7.32. The highest BCUT2D eigenvalue weighted by Gasteiger charge is 2.27. The van der Waals surface area contributed by atoms with E-state index in [0.29, 0.717) is 24.7 Å². The average Bonchev–Trinajstić information content (AvgIpc) is 3.39. The van der Waals surface area contributed by atoms with Crippen molar-refractivity contribution in [2.45, 2.75) is 19.1 Å². The molecule has 2 heterocycles. The van der Waals surface area contributed by atoms with E-state index in [4.69, 9.17) is 4.42 Å². The minimum absolute atomic E-state index is 0.220. The van der Waals surface area contributed by atoms with Crippen LogP contribution in [0.15, 0.2) is 102 Å². The predicted molar refractivity (Wildman–Crippen MR) is 136 cm³/mol. The Hall–Kier alpha value is -3.74. The monoisotopic (exact) mass is 466 g/mol. The van der Waals surface area contributed by atoms with Crippen molar-refractivity contribution in [1.29, 1.82) is 0 Å². The summed E-state index contributed by atoms with van der Waals surface area (Å²) < 4.78 is 5.63. The van der Waals surface area contributed by atoms with E-state index in [1.54, 1.807) is 0 Å². The summed E-state index contributed by atoms with van der Waals surface area (Å²) in [7, 11) is 0. The van der Waals surface area contributed by atoms with E-state index in [-0.39, 0.29) is 11.9 Å². The van der Waals surface area contributed by atoms with Gasteiger partial charge in [0.15, 0.2) is 5.69 Å². The molecule has 1 fully saturated rings. The number of benzene rings is 3. The molecule has 0 bridgehead atoms. The lowest BCUT2D eigenvalue weighted by molar-refractivity contribution is 0.0944. The number of amides is 1. The summed E-state index contributed by atoms with van der Waals surface area (Å²) in [6, 6.07) is 31.5. The van der Waals surface area contributed by atoms with Crippen LogP contribution in [0.2, 0.25) is 0 Å². The van der Waals surface area contributed by atoms with Gasteiger partial charge in [-0.2, -0.15) is 0 Å². The molecule has 1 aromatic heterocycles. The molecule has 35 heavy (non-hydrogen) atoms. The molecule has 4 aromatic rings. The van der Waals surface area contributed by atoms with Gasteiger partial charge in [-0.05, 0) is 16.7 Å². The van der Waals surface area contributed by atoms with E-state index in [9.17, 15) is 4.79 Å². The largest absolute Gasteiger partial charge is 0.447 e. The van der Waals surface area contributed by atoms with Crippen LogP contribution in [-0.4, -0.2) is 46.9 Å². The van der Waals surface area contributed by atoms with Crippen LogP contribution in [-0.2, 0) is 13.1 Å². The Labute approximate surface area is 206 Å². The van der Waals surface area contributed by atoms with Crippen LogP contribution in [0.1, 0.15) is 39.1 Å². The zero-order valence-electron chi connectivity index (χ0n) is 19.7. The van der Waals surface area contributed by atoms with Crippen LogP contribution < -0.4 is 5.32 Å². The van der Waals surface area contributed by atoms with Crippen LogP contribution in [0.3, 0.4) is 0 Å². The third-order valence-corrected chi connectivity index (χ3v) is 6.44. The van der Waals surface area contributed by atoms with Gasteiger partial charge in [0.1, 0.15) is 6.26 Å². The lowest BCUT2D eigenvalue weighted by Crippen LogP contribution is -2.47. The SMILES string of the molecule is O=C(NCc1ccccc1)c1coc(CN2CCN(C(c3ccccc3)c3ccccc3)CC2)n1. The fraction of sp³-hybridized carbons (Fsp3) is 0.241. The van der Waals surface area contributed by atoms with Gasteiger partial charge in [0.25, 0.3) is 5.91 Å². The van der Waals surface area contributed by atoms with Gasteiger partial charge in [-0.3, -0.25) is 14.6 Å². The van der Waals surface area contributed by atoms with Crippen LogP contribution in [0.5, 0.6) is 0 Å². The van der Waals surface area contributed by atoms with Gasteiger partial charge < -0.3 is 9.73 Å². The fourth-order valence-corrected chi connectivity index (χ4v) is 4.61. The maximum absolute atomic E-state index is 12.5. The second kappa shape index (κ2) is 11.1. The van der Waals surface area contributed by atoms with Gasteiger partial charge in [-0.15, -0.1) is 0 Å². The number of hydrogen-bond acceptors (Lipinski definition) is 5. The molecule has 1 saturated heterocycles. The van der Waals surface area contributed by atoms with E-state index in [2.05, 4.69) is 80.8 Å². The van der Waals surface area contributed by atoms with Crippen molar-refractivity contribution in [3.8, 4) is 0 Å². The molecule has 3 aromatic carbocycles. The number of carbonyl (C=O) groups excluding carboxylic acids is 1. The topological polar surface area (TPSA) is 61.6 Å². The first-order chi connectivity index (χ1) is 17.3. The lowest BCUT2D eigenvalue weighted by Gasteiger charge is -2.39. The molecule has 6 nitrogen and oxygen atoms in total. The molecule has 1 aliphatic rings. The number of piperazine rings is 1. The van der Waals surface area contributed by atoms with Crippen LogP contribution >= 0.6 is 0 Å². The quantitative estimate of drug-likeness (QED) is 0.414. The van der Waals surface area contributed by atoms with Crippen LogP contribution in [0.4, 0.5) is 0 Å².